The second kappa shape index (κ2) is 5.58. The molecule has 2 aromatic carbocycles. The average Bonchev–Trinajstić information content (AvgIpc) is 2.55. The van der Waals surface area contributed by atoms with Gasteiger partial charge < -0.3 is 5.11 Å². The molecule has 0 saturated carbocycles. The van der Waals surface area contributed by atoms with Crippen molar-refractivity contribution in [3.63, 3.8) is 0 Å². The van der Waals surface area contributed by atoms with Crippen LogP contribution in [0, 0.1) is 10.1 Å². The number of nitro groups is 1. The Morgan fingerprint density at radius 2 is 1.83 bits per heavy atom. The lowest BCUT2D eigenvalue weighted by molar-refractivity contribution is -0.384. The first kappa shape index (κ1) is 15.3. The number of carbonyl (C=O) groups excluding carboxylic acids is 2. The summed E-state index contributed by atoms with van der Waals surface area (Å²) < 4.78 is 0. The number of hydrogen-bond donors (Lipinski definition) is 1. The molecule has 0 aromatic heterocycles. The van der Waals surface area contributed by atoms with E-state index in [2.05, 4.69) is 0 Å². The van der Waals surface area contributed by atoms with Crippen molar-refractivity contribution in [1.29, 1.82) is 0 Å². The Balaban J connectivity index is 2.18. The van der Waals surface area contributed by atoms with E-state index in [1.807, 2.05) is 0 Å². The monoisotopic (exact) mass is 326 g/mol. The highest BCUT2D eigenvalue weighted by Gasteiger charge is 2.43. The van der Waals surface area contributed by atoms with E-state index < -0.39 is 28.6 Å². The topological polar surface area (TPSA) is 118 Å². The van der Waals surface area contributed by atoms with Crippen LogP contribution in [0.3, 0.4) is 0 Å². The number of rotatable bonds is 3. The Morgan fingerprint density at radius 3 is 2.50 bits per heavy atom. The van der Waals surface area contributed by atoms with Gasteiger partial charge in [-0.3, -0.25) is 24.5 Å². The summed E-state index contributed by atoms with van der Waals surface area (Å²) in [6.45, 7) is 0. The maximum Gasteiger partial charge on any atom is 0.320 e. The molecule has 1 aliphatic heterocycles. The standard InChI is InChI=1S/C16H10N2O6/c19-14-12-7-2-1-6-11(12)13(16(21)22)15(20)17(14)9-4-3-5-10(8-9)18(23)24/h1-8,13H,(H,21,22). The molecular weight excluding hydrogens is 316 g/mol. The van der Waals surface area contributed by atoms with Crippen molar-refractivity contribution in [1.82, 2.24) is 0 Å². The number of hydrogen-bond acceptors (Lipinski definition) is 5. The van der Waals surface area contributed by atoms with Gasteiger partial charge in [-0.2, -0.15) is 0 Å². The number of benzene rings is 2. The summed E-state index contributed by atoms with van der Waals surface area (Å²) in [5, 5.41) is 20.3. The molecule has 2 aromatic rings. The number of fused-ring (bicyclic) bond motifs is 1. The molecule has 8 nitrogen and oxygen atoms in total. The van der Waals surface area contributed by atoms with Crippen molar-refractivity contribution in [2.75, 3.05) is 4.90 Å². The fourth-order valence-electron chi connectivity index (χ4n) is 2.65. The van der Waals surface area contributed by atoms with Crippen LogP contribution in [-0.4, -0.2) is 27.8 Å². The minimum atomic E-state index is -1.54. The third-order valence-electron chi connectivity index (χ3n) is 3.72. The molecule has 2 amide bonds. The highest BCUT2D eigenvalue weighted by atomic mass is 16.6. The molecule has 120 valence electrons. The van der Waals surface area contributed by atoms with Gasteiger partial charge in [0.05, 0.1) is 10.6 Å². The number of carboxylic acids is 1. The van der Waals surface area contributed by atoms with Crippen LogP contribution >= 0.6 is 0 Å². The highest BCUT2D eigenvalue weighted by molar-refractivity contribution is 6.30. The molecule has 3 rings (SSSR count). The SMILES string of the molecule is O=C(O)C1C(=O)N(c2cccc([N+](=O)[O-])c2)C(=O)c2ccccc21. The molecule has 1 atom stereocenters. The third kappa shape index (κ3) is 2.30. The first-order chi connectivity index (χ1) is 11.4. The van der Waals surface area contributed by atoms with Crippen LogP contribution in [-0.2, 0) is 9.59 Å². The summed E-state index contributed by atoms with van der Waals surface area (Å²) in [6, 6.07) is 10.9. The van der Waals surface area contributed by atoms with Crippen LogP contribution in [0.15, 0.2) is 48.5 Å². The molecule has 0 aliphatic carbocycles. The van der Waals surface area contributed by atoms with Crippen LogP contribution in [0.2, 0.25) is 0 Å². The van der Waals surface area contributed by atoms with Gasteiger partial charge in [0, 0.05) is 17.7 Å². The zero-order valence-corrected chi connectivity index (χ0v) is 12.1. The van der Waals surface area contributed by atoms with Gasteiger partial charge in [-0.25, -0.2) is 4.90 Å². The molecule has 0 fully saturated rings. The van der Waals surface area contributed by atoms with Gasteiger partial charge in [-0.05, 0) is 17.7 Å². The number of aliphatic carboxylic acids is 1. The minimum absolute atomic E-state index is 0.0417. The van der Waals surface area contributed by atoms with E-state index in [1.54, 1.807) is 12.1 Å². The molecule has 1 unspecified atom stereocenters. The molecule has 24 heavy (non-hydrogen) atoms. The number of amides is 2. The van der Waals surface area contributed by atoms with Gasteiger partial charge in [0.25, 0.3) is 17.5 Å². The predicted octanol–water partition coefficient (Wildman–Crippen LogP) is 1.95. The number of nitro benzene ring substituents is 1. The zero-order chi connectivity index (χ0) is 17.4. The van der Waals surface area contributed by atoms with Crippen LogP contribution in [0.4, 0.5) is 11.4 Å². The van der Waals surface area contributed by atoms with E-state index in [9.17, 15) is 29.6 Å². The number of anilines is 1. The molecule has 0 bridgehead atoms. The lowest BCUT2D eigenvalue weighted by atomic mass is 9.88. The summed E-state index contributed by atoms with van der Waals surface area (Å²) in [5.74, 6) is -4.60. The Labute approximate surface area is 135 Å². The van der Waals surface area contributed by atoms with Crippen LogP contribution in [0.1, 0.15) is 21.8 Å². The van der Waals surface area contributed by atoms with Crippen LogP contribution in [0.5, 0.6) is 0 Å². The quantitative estimate of drug-likeness (QED) is 0.398. The first-order valence-electron chi connectivity index (χ1n) is 6.86. The van der Waals surface area contributed by atoms with E-state index in [0.29, 0.717) is 4.90 Å². The predicted molar refractivity (Wildman–Crippen MR) is 81.7 cm³/mol. The number of carboxylic acid groups (broad SMARTS) is 1. The summed E-state index contributed by atoms with van der Waals surface area (Å²) in [7, 11) is 0. The van der Waals surface area contributed by atoms with E-state index in [4.69, 9.17) is 0 Å². The molecule has 8 heteroatoms. The Morgan fingerprint density at radius 1 is 1.12 bits per heavy atom. The smallest absolute Gasteiger partial charge is 0.320 e. The summed E-state index contributed by atoms with van der Waals surface area (Å²) >= 11 is 0. The first-order valence-corrected chi connectivity index (χ1v) is 6.86. The molecule has 0 radical (unpaired) electrons. The van der Waals surface area contributed by atoms with Crippen molar-refractivity contribution >= 4 is 29.2 Å². The molecular formula is C16H10N2O6. The van der Waals surface area contributed by atoms with Gasteiger partial charge >= 0.3 is 5.97 Å². The fraction of sp³-hybridized carbons (Fsp3) is 0.0625. The zero-order valence-electron chi connectivity index (χ0n) is 12.1. The number of carbonyl (C=O) groups is 3. The van der Waals surface area contributed by atoms with Gasteiger partial charge in [-0.1, -0.05) is 24.3 Å². The Hall–Kier alpha value is -3.55. The normalized spacial score (nSPS) is 16.7. The van der Waals surface area contributed by atoms with Crippen LogP contribution < -0.4 is 4.90 Å². The van der Waals surface area contributed by atoms with Gasteiger partial charge in [-0.15, -0.1) is 0 Å². The second-order valence-corrected chi connectivity index (χ2v) is 5.11. The lowest BCUT2D eigenvalue weighted by Gasteiger charge is -2.30. The molecule has 1 N–H and O–H groups in total. The molecule has 0 spiro atoms. The van der Waals surface area contributed by atoms with Gasteiger partial charge in [0.15, 0.2) is 5.92 Å². The third-order valence-corrected chi connectivity index (χ3v) is 3.72. The van der Waals surface area contributed by atoms with Crippen molar-refractivity contribution in [3.05, 3.63) is 69.8 Å². The van der Waals surface area contributed by atoms with Crippen molar-refractivity contribution in [2.45, 2.75) is 5.92 Å². The van der Waals surface area contributed by atoms with Gasteiger partial charge in [0.1, 0.15) is 0 Å². The molecule has 0 saturated heterocycles. The van der Waals surface area contributed by atoms with Gasteiger partial charge in [0.2, 0.25) is 0 Å². The number of nitrogens with zero attached hydrogens (tertiary/aromatic N) is 2. The summed E-state index contributed by atoms with van der Waals surface area (Å²) in [5.41, 5.74) is -0.156. The second-order valence-electron chi connectivity index (χ2n) is 5.11. The average molecular weight is 326 g/mol. The number of imide groups is 1. The van der Waals surface area contributed by atoms with E-state index in [-0.39, 0.29) is 22.5 Å². The van der Waals surface area contributed by atoms with Crippen LogP contribution in [0.25, 0.3) is 0 Å². The van der Waals surface area contributed by atoms with E-state index in [0.717, 1.165) is 6.07 Å². The van der Waals surface area contributed by atoms with Crippen molar-refractivity contribution < 1.29 is 24.4 Å². The fourth-order valence-corrected chi connectivity index (χ4v) is 2.65. The Kier molecular flexibility index (Phi) is 3.57. The molecule has 1 aliphatic rings. The highest BCUT2D eigenvalue weighted by Crippen LogP contribution is 2.33. The summed E-state index contributed by atoms with van der Waals surface area (Å²) in [6.07, 6.45) is 0. The largest absolute Gasteiger partial charge is 0.480 e. The number of non-ortho nitro benzene ring substituents is 1. The van der Waals surface area contributed by atoms with Crippen molar-refractivity contribution in [3.8, 4) is 0 Å². The summed E-state index contributed by atoms with van der Waals surface area (Å²) in [4.78, 5) is 47.6. The van der Waals surface area contributed by atoms with E-state index >= 15 is 0 Å². The maximum atomic E-state index is 12.6. The molecule has 1 heterocycles. The Bertz CT molecular complexity index is 892. The lowest BCUT2D eigenvalue weighted by Crippen LogP contribution is -2.47. The minimum Gasteiger partial charge on any atom is -0.480 e. The van der Waals surface area contributed by atoms with Crippen molar-refractivity contribution in [2.24, 2.45) is 0 Å². The maximum absolute atomic E-state index is 12.6. The van der Waals surface area contributed by atoms with E-state index in [1.165, 1.54) is 30.3 Å².